The Morgan fingerprint density at radius 2 is 0.688 bits per heavy atom. The number of esters is 3. The molecule has 0 aromatic rings. The van der Waals surface area contributed by atoms with Gasteiger partial charge >= 0.3 is 17.9 Å². The van der Waals surface area contributed by atoms with E-state index in [0.717, 1.165) is 89.9 Å². The smallest absolute Gasteiger partial charge is 0.306 e. The highest BCUT2D eigenvalue weighted by Gasteiger charge is 2.19. The summed E-state index contributed by atoms with van der Waals surface area (Å²) >= 11 is 0. The van der Waals surface area contributed by atoms with Gasteiger partial charge in [-0.2, -0.15) is 0 Å². The van der Waals surface area contributed by atoms with Gasteiger partial charge in [-0.15, -0.1) is 0 Å². The zero-order valence-corrected chi connectivity index (χ0v) is 41.8. The van der Waals surface area contributed by atoms with Gasteiger partial charge in [0.25, 0.3) is 0 Å². The van der Waals surface area contributed by atoms with Crippen molar-refractivity contribution >= 4 is 17.9 Å². The van der Waals surface area contributed by atoms with Gasteiger partial charge in [0.1, 0.15) is 13.2 Å². The summed E-state index contributed by atoms with van der Waals surface area (Å²) in [6.45, 7) is 6.44. The van der Waals surface area contributed by atoms with Crippen molar-refractivity contribution in [3.8, 4) is 0 Å². The van der Waals surface area contributed by atoms with Crippen LogP contribution in [-0.2, 0) is 28.6 Å². The van der Waals surface area contributed by atoms with Crippen molar-refractivity contribution in [3.63, 3.8) is 0 Å². The minimum Gasteiger partial charge on any atom is -0.462 e. The Kier molecular flexibility index (Phi) is 49.4. The van der Waals surface area contributed by atoms with E-state index in [-0.39, 0.29) is 31.6 Å². The average Bonchev–Trinajstić information content (AvgIpc) is 3.29. The van der Waals surface area contributed by atoms with E-state index in [4.69, 9.17) is 14.2 Å². The van der Waals surface area contributed by atoms with Crippen LogP contribution >= 0.6 is 0 Å². The van der Waals surface area contributed by atoms with Crippen LogP contribution in [0.25, 0.3) is 0 Å². The molecule has 0 radical (unpaired) electrons. The Morgan fingerprint density at radius 1 is 0.344 bits per heavy atom. The Balaban J connectivity index is 4.50. The van der Waals surface area contributed by atoms with Gasteiger partial charge in [0.15, 0.2) is 6.10 Å². The molecule has 0 saturated heterocycles. The van der Waals surface area contributed by atoms with E-state index in [0.29, 0.717) is 19.3 Å². The lowest BCUT2D eigenvalue weighted by Crippen LogP contribution is -2.30. The first-order chi connectivity index (χ1) is 31.5. The van der Waals surface area contributed by atoms with Crippen molar-refractivity contribution in [2.24, 2.45) is 0 Å². The van der Waals surface area contributed by atoms with Crippen LogP contribution in [0.1, 0.15) is 245 Å². The van der Waals surface area contributed by atoms with Crippen molar-refractivity contribution < 1.29 is 28.6 Å². The first-order valence-electron chi connectivity index (χ1n) is 26.6. The van der Waals surface area contributed by atoms with Gasteiger partial charge in [0.2, 0.25) is 0 Å². The molecule has 0 aliphatic heterocycles. The summed E-state index contributed by atoms with van der Waals surface area (Å²) < 4.78 is 16.7. The number of ether oxygens (including phenoxy) is 3. The minimum atomic E-state index is -0.820. The molecule has 1 unspecified atom stereocenters. The Labute approximate surface area is 395 Å². The molecule has 366 valence electrons. The van der Waals surface area contributed by atoms with Gasteiger partial charge in [-0.05, 0) is 77.0 Å². The summed E-state index contributed by atoms with van der Waals surface area (Å²) in [7, 11) is 0. The maximum absolute atomic E-state index is 12.8. The van der Waals surface area contributed by atoms with Crippen molar-refractivity contribution in [3.05, 3.63) is 85.1 Å². The van der Waals surface area contributed by atoms with E-state index in [1.807, 2.05) is 12.2 Å². The summed E-state index contributed by atoms with van der Waals surface area (Å²) in [6.07, 6.45) is 67.2. The molecule has 0 aromatic heterocycles. The second-order valence-electron chi connectivity index (χ2n) is 17.4. The average molecular weight is 891 g/mol. The Bertz CT molecular complexity index is 1250. The van der Waals surface area contributed by atoms with Crippen molar-refractivity contribution in [2.75, 3.05) is 13.2 Å². The third kappa shape index (κ3) is 49.6. The van der Waals surface area contributed by atoms with Crippen molar-refractivity contribution in [1.29, 1.82) is 0 Å². The molecule has 6 heteroatoms. The molecule has 0 aliphatic rings. The zero-order valence-electron chi connectivity index (χ0n) is 41.8. The topological polar surface area (TPSA) is 78.9 Å². The Hall–Kier alpha value is -3.41. The molecule has 1 atom stereocenters. The first-order valence-corrected chi connectivity index (χ1v) is 26.6. The van der Waals surface area contributed by atoms with Crippen LogP contribution in [0.2, 0.25) is 0 Å². The monoisotopic (exact) mass is 891 g/mol. The number of unbranched alkanes of at least 4 members (excludes halogenated alkanes) is 23. The van der Waals surface area contributed by atoms with Gasteiger partial charge in [-0.25, -0.2) is 0 Å². The molecule has 0 fully saturated rings. The Morgan fingerprint density at radius 3 is 1.08 bits per heavy atom. The molecule has 0 rings (SSSR count). The van der Waals surface area contributed by atoms with E-state index >= 15 is 0 Å². The molecule has 0 saturated carbocycles. The maximum Gasteiger partial charge on any atom is 0.306 e. The third-order valence-corrected chi connectivity index (χ3v) is 11.2. The van der Waals surface area contributed by atoms with E-state index in [1.54, 1.807) is 0 Å². The number of allylic oxidation sites excluding steroid dienone is 14. The molecule has 0 spiro atoms. The summed E-state index contributed by atoms with van der Waals surface area (Å²) in [5, 5.41) is 0. The summed E-state index contributed by atoms with van der Waals surface area (Å²) in [5.74, 6) is -1.01. The molecule has 0 N–H and O–H groups in total. The number of hydrogen-bond acceptors (Lipinski definition) is 6. The van der Waals surface area contributed by atoms with Gasteiger partial charge in [0, 0.05) is 19.3 Å². The second-order valence-corrected chi connectivity index (χ2v) is 17.4. The van der Waals surface area contributed by atoms with Crippen LogP contribution in [0.5, 0.6) is 0 Å². The largest absolute Gasteiger partial charge is 0.462 e. The van der Waals surface area contributed by atoms with Crippen LogP contribution in [-0.4, -0.2) is 37.2 Å². The molecular weight excluding hydrogens is 793 g/mol. The summed E-state index contributed by atoms with van der Waals surface area (Å²) in [4.78, 5) is 38.0. The lowest BCUT2D eigenvalue weighted by Gasteiger charge is -2.18. The third-order valence-electron chi connectivity index (χ3n) is 11.2. The van der Waals surface area contributed by atoms with Gasteiger partial charge < -0.3 is 14.2 Å². The highest BCUT2D eigenvalue weighted by molar-refractivity contribution is 5.71. The SMILES string of the molecule is CC/C=C\C/C=C\C/C=C\C/C=C\C/C=C\CCC(=O)OC(COC(=O)CCCCCCC/C=C\C=C/CCCCCCCCC)COC(=O)CCCCCCCCCCCCCC. The highest BCUT2D eigenvalue weighted by atomic mass is 16.6. The van der Waals surface area contributed by atoms with Gasteiger partial charge in [-0.3, -0.25) is 14.4 Å². The first kappa shape index (κ1) is 60.6. The minimum absolute atomic E-state index is 0.110. The standard InChI is InChI=1S/C58H98O6/c1-4-7-10-13-16-19-22-25-27-29-30-32-33-36-39-42-45-48-51-57(60)63-54-55(53-62-56(59)50-47-44-41-38-35-24-21-18-15-12-9-6-3)64-58(61)52-49-46-43-40-37-34-31-28-26-23-20-17-14-11-8-5-2/h8,11,17,20,26-30,32,34,37,43,46,55H,4-7,9-10,12-16,18-19,21-25,31,33,35-36,38-42,44-45,47-54H2,1-3H3/b11-8-,20-17-,28-26-,29-27-,32-30-,37-34-,46-43-. The summed E-state index contributed by atoms with van der Waals surface area (Å²) in [5.41, 5.74) is 0. The van der Waals surface area contributed by atoms with E-state index in [1.165, 1.54) is 109 Å². The lowest BCUT2D eigenvalue weighted by atomic mass is 10.0. The quantitative estimate of drug-likeness (QED) is 0.0199. The highest BCUT2D eigenvalue weighted by Crippen LogP contribution is 2.14. The van der Waals surface area contributed by atoms with E-state index < -0.39 is 12.1 Å². The van der Waals surface area contributed by atoms with Crippen LogP contribution in [0, 0.1) is 0 Å². The molecule has 0 aliphatic carbocycles. The predicted molar refractivity (Wildman–Crippen MR) is 274 cm³/mol. The molecule has 0 heterocycles. The fourth-order valence-electron chi connectivity index (χ4n) is 7.19. The van der Waals surface area contributed by atoms with Crippen LogP contribution < -0.4 is 0 Å². The molecule has 0 aromatic carbocycles. The number of rotatable bonds is 47. The fourth-order valence-corrected chi connectivity index (χ4v) is 7.19. The van der Waals surface area contributed by atoms with Crippen molar-refractivity contribution in [1.82, 2.24) is 0 Å². The number of carbonyl (C=O) groups excluding carboxylic acids is 3. The summed E-state index contributed by atoms with van der Waals surface area (Å²) in [6, 6.07) is 0. The molecule has 0 amide bonds. The molecule has 64 heavy (non-hydrogen) atoms. The van der Waals surface area contributed by atoms with Crippen LogP contribution in [0.15, 0.2) is 85.1 Å². The zero-order chi connectivity index (χ0) is 46.5. The fraction of sp³-hybridized carbons (Fsp3) is 0.707. The van der Waals surface area contributed by atoms with Crippen LogP contribution in [0.4, 0.5) is 0 Å². The molecule has 6 nitrogen and oxygen atoms in total. The van der Waals surface area contributed by atoms with E-state index in [9.17, 15) is 14.4 Å². The second kappa shape index (κ2) is 52.2. The maximum atomic E-state index is 12.8. The normalized spacial score (nSPS) is 12.7. The van der Waals surface area contributed by atoms with E-state index in [2.05, 4.69) is 93.7 Å². The van der Waals surface area contributed by atoms with Gasteiger partial charge in [0.05, 0.1) is 0 Å². The number of hydrogen-bond donors (Lipinski definition) is 0. The molecule has 0 bridgehead atoms. The number of carbonyl (C=O) groups is 3. The lowest BCUT2D eigenvalue weighted by molar-refractivity contribution is -0.166. The predicted octanol–water partition coefficient (Wildman–Crippen LogP) is 17.6. The van der Waals surface area contributed by atoms with Crippen LogP contribution in [0.3, 0.4) is 0 Å². The van der Waals surface area contributed by atoms with Crippen molar-refractivity contribution in [2.45, 2.75) is 252 Å². The van der Waals surface area contributed by atoms with Gasteiger partial charge in [-0.1, -0.05) is 234 Å². The molecular formula is C58H98O6.